The Bertz CT molecular complexity index is 1070. The van der Waals surface area contributed by atoms with E-state index in [2.05, 4.69) is 65.5 Å². The molecule has 0 saturated carbocycles. The van der Waals surface area contributed by atoms with E-state index in [4.69, 9.17) is 15.2 Å². The summed E-state index contributed by atoms with van der Waals surface area (Å²) < 4.78 is 15.2. The Morgan fingerprint density at radius 1 is 1.09 bits per heavy atom. The first-order valence-corrected chi connectivity index (χ1v) is 20.0. The van der Waals surface area contributed by atoms with E-state index in [0.29, 0.717) is 43.1 Å². The van der Waals surface area contributed by atoms with Crippen LogP contribution in [0.1, 0.15) is 42.2 Å². The molecule has 9 nitrogen and oxygen atoms in total. The average Bonchev–Trinajstić information content (AvgIpc) is 3.20. The van der Waals surface area contributed by atoms with Crippen molar-refractivity contribution in [2.24, 2.45) is 10.7 Å². The number of carbonyl (C=O) groups excluding carboxylic acids is 2. The molecule has 0 saturated heterocycles. The summed E-state index contributed by atoms with van der Waals surface area (Å²) in [7, 11) is -3.90. The minimum Gasteiger partial charge on any atom is -0.369 e. The molecule has 35 heavy (non-hydrogen) atoms. The van der Waals surface area contributed by atoms with Gasteiger partial charge in [0.25, 0.3) is 11.8 Å². The van der Waals surface area contributed by atoms with Gasteiger partial charge in [-0.25, -0.2) is 0 Å². The van der Waals surface area contributed by atoms with Crippen LogP contribution in [-0.2, 0) is 14.3 Å². The molecule has 2 aliphatic rings. The lowest BCUT2D eigenvalue weighted by Crippen LogP contribution is -2.55. The number of guanidine groups is 1. The summed E-state index contributed by atoms with van der Waals surface area (Å²) in [6, 6.07) is 1.92. The van der Waals surface area contributed by atoms with E-state index < -0.39 is 22.1 Å². The summed E-state index contributed by atoms with van der Waals surface area (Å²) >= 11 is 3.71. The van der Waals surface area contributed by atoms with Gasteiger partial charge in [0, 0.05) is 25.3 Å². The topological polar surface area (TPSA) is 111 Å². The van der Waals surface area contributed by atoms with E-state index in [-0.39, 0.29) is 23.6 Å². The van der Waals surface area contributed by atoms with Gasteiger partial charge >= 0.3 is 0 Å². The zero-order chi connectivity index (χ0) is 26.3. The van der Waals surface area contributed by atoms with Crippen molar-refractivity contribution in [3.05, 3.63) is 27.6 Å². The molecule has 194 valence electrons. The third-order valence-corrected chi connectivity index (χ3v) is 10.5. The van der Waals surface area contributed by atoms with E-state index in [9.17, 15) is 9.59 Å². The summed E-state index contributed by atoms with van der Waals surface area (Å²) in [5.74, 6) is -1.08. The molecule has 3 rings (SSSR count). The van der Waals surface area contributed by atoms with Crippen molar-refractivity contribution < 1.29 is 19.1 Å². The fourth-order valence-corrected chi connectivity index (χ4v) is 9.01. The number of fused-ring (bicyclic) bond motifs is 1. The molecule has 0 spiro atoms. The van der Waals surface area contributed by atoms with Crippen LogP contribution in [0.15, 0.2) is 21.4 Å². The van der Waals surface area contributed by atoms with Gasteiger partial charge in [0.15, 0.2) is 0 Å². The minimum absolute atomic E-state index is 0.0635. The molecule has 0 radical (unpaired) electrons. The van der Waals surface area contributed by atoms with Gasteiger partial charge in [0.1, 0.15) is 39.2 Å². The monoisotopic (exact) mass is 583 g/mol. The Labute approximate surface area is 218 Å². The van der Waals surface area contributed by atoms with Crippen LogP contribution in [-0.4, -0.2) is 69.0 Å². The van der Waals surface area contributed by atoms with Crippen molar-refractivity contribution in [2.75, 3.05) is 19.8 Å². The first-order chi connectivity index (χ1) is 16.2. The van der Waals surface area contributed by atoms with Crippen molar-refractivity contribution in [2.45, 2.75) is 71.3 Å². The molecular weight excluding hydrogens is 546 g/mol. The molecular formula is C23H38BrN5O4Si2. The van der Waals surface area contributed by atoms with Crippen molar-refractivity contribution in [1.82, 2.24) is 14.8 Å². The number of carbonyl (C=O) groups is 2. The lowest BCUT2D eigenvalue weighted by atomic mass is 10.0. The Hall–Kier alpha value is -1.74. The summed E-state index contributed by atoms with van der Waals surface area (Å²) in [5, 5.41) is 2.93. The van der Waals surface area contributed by atoms with Gasteiger partial charge in [0.2, 0.25) is 5.96 Å². The van der Waals surface area contributed by atoms with Crippen LogP contribution in [0.3, 0.4) is 0 Å². The molecule has 0 fully saturated rings. The maximum Gasteiger partial charge on any atom is 0.296 e. The molecule has 0 aromatic carbocycles. The molecule has 1 aromatic rings. The molecule has 3 heterocycles. The van der Waals surface area contributed by atoms with Gasteiger partial charge in [-0.15, -0.1) is 0 Å². The number of hydrogen-bond donors (Lipinski definition) is 2. The Morgan fingerprint density at radius 2 is 1.66 bits per heavy atom. The molecule has 0 bridgehead atoms. The molecule has 3 N–H and O–H groups in total. The quantitative estimate of drug-likeness (QED) is 0.354. The molecule has 2 aliphatic heterocycles. The van der Waals surface area contributed by atoms with E-state index in [1.54, 1.807) is 0 Å². The fourth-order valence-electron chi connectivity index (χ4n) is 4.67. The second kappa shape index (κ2) is 10.3. The SMILES string of the molecule is CCOC(N1CC/C(=C2\NC(N)=NC2=O)c2cc(Br)n(C(OCC)[Si](C)(C)C)c2C1=O)[Si](C)(C)C. The molecule has 0 aliphatic carbocycles. The predicted molar refractivity (Wildman–Crippen MR) is 147 cm³/mol. The largest absolute Gasteiger partial charge is 0.369 e. The Balaban J connectivity index is 2.31. The van der Waals surface area contributed by atoms with Crippen molar-refractivity contribution in [1.29, 1.82) is 0 Å². The van der Waals surface area contributed by atoms with E-state index in [0.717, 1.165) is 10.2 Å². The third-order valence-electron chi connectivity index (χ3n) is 6.02. The molecule has 2 atom stereocenters. The number of ether oxygens (including phenoxy) is 2. The van der Waals surface area contributed by atoms with Crippen molar-refractivity contribution in [3.63, 3.8) is 0 Å². The van der Waals surface area contributed by atoms with Gasteiger partial charge in [0.05, 0.1) is 4.60 Å². The van der Waals surface area contributed by atoms with Gasteiger partial charge in [-0.2, -0.15) is 4.99 Å². The van der Waals surface area contributed by atoms with Crippen LogP contribution < -0.4 is 11.1 Å². The summed E-state index contributed by atoms with van der Waals surface area (Å²) in [5.41, 5.74) is 8.07. The Morgan fingerprint density at radius 3 is 2.14 bits per heavy atom. The molecule has 12 heteroatoms. The molecule has 2 amide bonds. The fraction of sp³-hybridized carbons (Fsp3) is 0.609. The summed E-state index contributed by atoms with van der Waals surface area (Å²) in [6.07, 6.45) is 0.465. The van der Waals surface area contributed by atoms with Gasteiger partial charge in [-0.3, -0.25) is 9.59 Å². The predicted octanol–water partition coefficient (Wildman–Crippen LogP) is 3.90. The van der Waals surface area contributed by atoms with Gasteiger partial charge < -0.3 is 30.0 Å². The number of amides is 2. The number of aromatic nitrogens is 1. The van der Waals surface area contributed by atoms with E-state index in [1.165, 1.54) is 0 Å². The standard InChI is InChI=1S/C23H38BrN5O4Si2/c1-9-32-22(34(3,4)5)28-12-11-14(17-19(30)27-21(25)26-17)15-13-16(24)29(18(15)20(28)31)23(33-10-2)35(6,7)8/h13,22-23H,9-12H2,1-8H3,(H3,25,26,27,30)/b17-14+. The Kier molecular flexibility index (Phi) is 8.21. The number of hydrogen-bond acceptors (Lipinski definition) is 6. The van der Waals surface area contributed by atoms with Crippen LogP contribution in [0.25, 0.3) is 5.57 Å². The third kappa shape index (κ3) is 5.51. The lowest BCUT2D eigenvalue weighted by molar-refractivity contribution is -0.114. The zero-order valence-electron chi connectivity index (χ0n) is 22.0. The number of nitrogens with one attached hydrogen (secondary N) is 1. The first-order valence-electron chi connectivity index (χ1n) is 12.1. The number of halogens is 1. The number of aliphatic imine (C=N–C) groups is 1. The van der Waals surface area contributed by atoms with Crippen molar-refractivity contribution in [3.8, 4) is 0 Å². The second-order valence-corrected chi connectivity index (χ2v) is 22.2. The maximum absolute atomic E-state index is 14.4. The van der Waals surface area contributed by atoms with Gasteiger partial charge in [-0.1, -0.05) is 39.3 Å². The van der Waals surface area contributed by atoms with Crippen LogP contribution in [0, 0.1) is 0 Å². The summed E-state index contributed by atoms with van der Waals surface area (Å²) in [4.78, 5) is 32.8. The van der Waals surface area contributed by atoms with E-state index >= 15 is 0 Å². The highest BCUT2D eigenvalue weighted by Crippen LogP contribution is 2.40. The van der Waals surface area contributed by atoms with Crippen LogP contribution >= 0.6 is 15.9 Å². The van der Waals surface area contributed by atoms with E-state index in [1.807, 2.05) is 29.4 Å². The van der Waals surface area contributed by atoms with Crippen LogP contribution in [0.2, 0.25) is 39.3 Å². The zero-order valence-corrected chi connectivity index (χ0v) is 25.6. The average molecular weight is 585 g/mol. The van der Waals surface area contributed by atoms with Crippen LogP contribution in [0.5, 0.6) is 0 Å². The van der Waals surface area contributed by atoms with Gasteiger partial charge in [-0.05, 0) is 47.8 Å². The number of nitrogens with zero attached hydrogens (tertiary/aromatic N) is 3. The maximum atomic E-state index is 14.4. The second-order valence-electron chi connectivity index (χ2n) is 11.0. The van der Waals surface area contributed by atoms with Crippen LogP contribution in [0.4, 0.5) is 0 Å². The normalized spacial score (nSPS) is 20.9. The van der Waals surface area contributed by atoms with Crippen molar-refractivity contribution >= 4 is 55.4 Å². The highest BCUT2D eigenvalue weighted by molar-refractivity contribution is 9.10. The number of rotatable bonds is 8. The highest BCUT2D eigenvalue weighted by Gasteiger charge is 2.43. The smallest absolute Gasteiger partial charge is 0.296 e. The highest BCUT2D eigenvalue weighted by atomic mass is 79.9. The number of nitrogens with two attached hydrogens (primary N) is 1. The first kappa shape index (κ1) is 27.8. The minimum atomic E-state index is -1.95. The lowest BCUT2D eigenvalue weighted by Gasteiger charge is -2.39. The molecule has 2 unspecified atom stereocenters. The summed E-state index contributed by atoms with van der Waals surface area (Å²) in [6.45, 7) is 18.6. The molecule has 1 aromatic heterocycles.